The molecule has 0 aliphatic heterocycles. The zero-order valence-corrected chi connectivity index (χ0v) is 10.3. The molecule has 0 spiro atoms. The summed E-state index contributed by atoms with van der Waals surface area (Å²) in [6, 6.07) is 8.43. The molecule has 1 aromatic rings. The second-order valence-corrected chi connectivity index (χ2v) is 3.66. The van der Waals surface area contributed by atoms with Gasteiger partial charge in [-0.2, -0.15) is 0 Å². The Labute approximate surface area is 97.8 Å². The van der Waals surface area contributed by atoms with Crippen LogP contribution in [0.1, 0.15) is 25.5 Å². The summed E-state index contributed by atoms with van der Waals surface area (Å²) in [5.74, 6) is 0.938. The number of hydrogen-bond donors (Lipinski definition) is 1. The molecule has 0 aliphatic rings. The fourth-order valence-electron chi connectivity index (χ4n) is 1.62. The molecular weight excluding hydrogens is 202 g/mol. The maximum atomic E-state index is 5.68. The van der Waals surface area contributed by atoms with Gasteiger partial charge >= 0.3 is 0 Å². The highest BCUT2D eigenvalue weighted by Crippen LogP contribution is 2.24. The summed E-state index contributed by atoms with van der Waals surface area (Å²) in [6.07, 6.45) is 0. The van der Waals surface area contributed by atoms with Crippen molar-refractivity contribution in [2.45, 2.75) is 19.9 Å². The lowest BCUT2D eigenvalue weighted by Gasteiger charge is -2.17. The molecule has 0 aromatic heterocycles. The molecule has 90 valence electrons. The minimum absolute atomic E-state index is 0.309. The molecule has 1 aromatic carbocycles. The molecule has 16 heavy (non-hydrogen) atoms. The van der Waals surface area contributed by atoms with Gasteiger partial charge in [0.05, 0.1) is 6.61 Å². The first kappa shape index (κ1) is 13.0. The van der Waals surface area contributed by atoms with Gasteiger partial charge in [-0.1, -0.05) is 25.1 Å². The van der Waals surface area contributed by atoms with Crippen LogP contribution in [-0.4, -0.2) is 26.9 Å². The van der Waals surface area contributed by atoms with Crippen LogP contribution in [0, 0.1) is 0 Å². The van der Waals surface area contributed by atoms with Crippen LogP contribution in [-0.2, 0) is 4.74 Å². The van der Waals surface area contributed by atoms with E-state index in [1.807, 2.05) is 18.2 Å². The lowest BCUT2D eigenvalue weighted by molar-refractivity contribution is 0.145. The monoisotopic (exact) mass is 223 g/mol. The van der Waals surface area contributed by atoms with E-state index in [4.69, 9.17) is 9.47 Å². The summed E-state index contributed by atoms with van der Waals surface area (Å²) in [7, 11) is 1.68. The zero-order valence-electron chi connectivity index (χ0n) is 10.3. The van der Waals surface area contributed by atoms with Gasteiger partial charge < -0.3 is 14.8 Å². The quantitative estimate of drug-likeness (QED) is 0.720. The Morgan fingerprint density at radius 1 is 1.25 bits per heavy atom. The number of para-hydroxylation sites is 1. The number of rotatable bonds is 7. The molecule has 1 unspecified atom stereocenters. The predicted molar refractivity (Wildman–Crippen MR) is 65.9 cm³/mol. The molecule has 3 nitrogen and oxygen atoms in total. The molecule has 3 heteroatoms. The van der Waals surface area contributed by atoms with Crippen LogP contribution in [0.5, 0.6) is 5.75 Å². The lowest BCUT2D eigenvalue weighted by atomic mass is 10.1. The first-order chi connectivity index (χ1) is 7.79. The van der Waals surface area contributed by atoms with Crippen LogP contribution >= 0.6 is 0 Å². The summed E-state index contributed by atoms with van der Waals surface area (Å²) >= 11 is 0. The van der Waals surface area contributed by atoms with Crippen molar-refractivity contribution in [3.63, 3.8) is 0 Å². The Morgan fingerprint density at radius 3 is 2.69 bits per heavy atom. The van der Waals surface area contributed by atoms with Gasteiger partial charge in [-0.25, -0.2) is 0 Å². The highest BCUT2D eigenvalue weighted by molar-refractivity contribution is 5.35. The van der Waals surface area contributed by atoms with Crippen molar-refractivity contribution < 1.29 is 9.47 Å². The summed E-state index contributed by atoms with van der Waals surface area (Å²) in [5, 5.41) is 3.38. The van der Waals surface area contributed by atoms with Gasteiger partial charge in [-0.15, -0.1) is 0 Å². The van der Waals surface area contributed by atoms with Gasteiger partial charge in [-0.3, -0.25) is 0 Å². The smallest absolute Gasteiger partial charge is 0.124 e. The van der Waals surface area contributed by atoms with E-state index in [0.717, 1.165) is 12.3 Å². The Hall–Kier alpha value is -1.06. The van der Waals surface area contributed by atoms with Gasteiger partial charge in [-0.05, 0) is 19.5 Å². The molecule has 0 aliphatic carbocycles. The van der Waals surface area contributed by atoms with Crippen LogP contribution in [0.15, 0.2) is 24.3 Å². The number of benzene rings is 1. The fraction of sp³-hybridized carbons (Fsp3) is 0.538. The normalized spacial score (nSPS) is 12.4. The number of methoxy groups -OCH3 is 1. The van der Waals surface area contributed by atoms with Gasteiger partial charge in [0.25, 0.3) is 0 Å². The van der Waals surface area contributed by atoms with Crippen LogP contribution in [0.3, 0.4) is 0 Å². The van der Waals surface area contributed by atoms with Crippen molar-refractivity contribution in [1.29, 1.82) is 0 Å². The largest absolute Gasteiger partial charge is 0.491 e. The van der Waals surface area contributed by atoms with Crippen molar-refractivity contribution in [2.75, 3.05) is 26.9 Å². The third-order valence-corrected chi connectivity index (χ3v) is 2.44. The summed E-state index contributed by atoms with van der Waals surface area (Å²) in [5.41, 5.74) is 1.19. The zero-order chi connectivity index (χ0) is 11.8. The van der Waals surface area contributed by atoms with E-state index >= 15 is 0 Å². The molecule has 1 rings (SSSR count). The van der Waals surface area contributed by atoms with Crippen LogP contribution in [0.4, 0.5) is 0 Å². The highest BCUT2D eigenvalue weighted by atomic mass is 16.5. The Bertz CT molecular complexity index is 302. The highest BCUT2D eigenvalue weighted by Gasteiger charge is 2.09. The minimum atomic E-state index is 0.309. The predicted octanol–water partition coefficient (Wildman–Crippen LogP) is 2.38. The fourth-order valence-corrected chi connectivity index (χ4v) is 1.62. The summed E-state index contributed by atoms with van der Waals surface area (Å²) < 4.78 is 10.7. The molecule has 0 fully saturated rings. The van der Waals surface area contributed by atoms with Crippen molar-refractivity contribution in [3.8, 4) is 5.75 Å². The van der Waals surface area contributed by atoms with E-state index in [-0.39, 0.29) is 0 Å². The van der Waals surface area contributed by atoms with Gasteiger partial charge in [0, 0.05) is 18.7 Å². The Balaban J connectivity index is 2.67. The molecule has 0 bridgehead atoms. The van der Waals surface area contributed by atoms with E-state index in [2.05, 4.69) is 25.2 Å². The van der Waals surface area contributed by atoms with Gasteiger partial charge in [0.15, 0.2) is 0 Å². The second-order valence-electron chi connectivity index (χ2n) is 3.66. The van der Waals surface area contributed by atoms with E-state index in [1.165, 1.54) is 5.56 Å². The van der Waals surface area contributed by atoms with E-state index in [9.17, 15) is 0 Å². The molecule has 0 saturated carbocycles. The van der Waals surface area contributed by atoms with E-state index in [1.54, 1.807) is 7.11 Å². The Kier molecular flexibility index (Phi) is 5.90. The van der Waals surface area contributed by atoms with Crippen molar-refractivity contribution in [2.24, 2.45) is 0 Å². The molecule has 0 amide bonds. The van der Waals surface area contributed by atoms with Crippen LogP contribution in [0.2, 0.25) is 0 Å². The second kappa shape index (κ2) is 7.25. The molecule has 1 atom stereocenters. The third kappa shape index (κ3) is 3.83. The van der Waals surface area contributed by atoms with Crippen molar-refractivity contribution in [1.82, 2.24) is 5.32 Å². The standard InChI is InChI=1S/C13H21NO2/c1-4-14-11(2)12-7-5-6-8-13(12)16-10-9-15-3/h5-8,11,14H,4,9-10H2,1-3H3. The van der Waals surface area contributed by atoms with Crippen molar-refractivity contribution in [3.05, 3.63) is 29.8 Å². The minimum Gasteiger partial charge on any atom is -0.491 e. The molecule has 0 radical (unpaired) electrons. The van der Waals surface area contributed by atoms with E-state index < -0.39 is 0 Å². The van der Waals surface area contributed by atoms with Crippen molar-refractivity contribution >= 4 is 0 Å². The molecule has 1 N–H and O–H groups in total. The number of ether oxygens (including phenoxy) is 2. The SMILES string of the molecule is CCNC(C)c1ccccc1OCCOC. The first-order valence-electron chi connectivity index (χ1n) is 5.73. The first-order valence-corrected chi connectivity index (χ1v) is 5.73. The summed E-state index contributed by atoms with van der Waals surface area (Å²) in [6.45, 7) is 6.40. The lowest BCUT2D eigenvalue weighted by Crippen LogP contribution is -2.19. The number of nitrogens with one attached hydrogen (secondary N) is 1. The van der Waals surface area contributed by atoms with Gasteiger partial charge in [0.2, 0.25) is 0 Å². The third-order valence-electron chi connectivity index (χ3n) is 2.44. The van der Waals surface area contributed by atoms with Gasteiger partial charge in [0.1, 0.15) is 12.4 Å². The average molecular weight is 223 g/mol. The molecule has 0 heterocycles. The molecular formula is C13H21NO2. The van der Waals surface area contributed by atoms with Crippen LogP contribution < -0.4 is 10.1 Å². The average Bonchev–Trinajstić information content (AvgIpc) is 2.30. The molecule has 0 saturated heterocycles. The maximum Gasteiger partial charge on any atom is 0.124 e. The summed E-state index contributed by atoms with van der Waals surface area (Å²) in [4.78, 5) is 0. The number of hydrogen-bond acceptors (Lipinski definition) is 3. The van der Waals surface area contributed by atoms with Crippen LogP contribution in [0.25, 0.3) is 0 Å². The van der Waals surface area contributed by atoms with E-state index in [0.29, 0.717) is 19.3 Å². The topological polar surface area (TPSA) is 30.5 Å². The Morgan fingerprint density at radius 2 is 2.00 bits per heavy atom. The maximum absolute atomic E-state index is 5.68.